The molecule has 0 aliphatic carbocycles. The van der Waals surface area contributed by atoms with Gasteiger partial charge in [0.05, 0.1) is 17.8 Å². The Morgan fingerprint density at radius 3 is 2.69 bits per heavy atom. The molecule has 2 unspecified atom stereocenters. The van der Waals surface area contributed by atoms with Crippen LogP contribution < -0.4 is 10.1 Å². The highest BCUT2D eigenvalue weighted by atomic mass is 79.9. The van der Waals surface area contributed by atoms with Crippen molar-refractivity contribution in [3.8, 4) is 5.75 Å². The number of carbonyl (C=O) groups excluding carboxylic acids is 3. The third-order valence-electron chi connectivity index (χ3n) is 5.13. The van der Waals surface area contributed by atoms with E-state index in [0.717, 1.165) is 4.47 Å². The highest BCUT2D eigenvalue weighted by Gasteiger charge is 2.41. The maximum atomic E-state index is 13.0. The SMILES string of the molecule is CC(Oc1ccccc1)C(=O)N1CCN2C(=O)c3cc(Br)ccc3NC(=O)C2C1. The van der Waals surface area contributed by atoms with Gasteiger partial charge in [0.2, 0.25) is 5.91 Å². The van der Waals surface area contributed by atoms with Gasteiger partial charge < -0.3 is 19.9 Å². The van der Waals surface area contributed by atoms with Gasteiger partial charge in [0, 0.05) is 17.6 Å². The largest absolute Gasteiger partial charge is 0.481 e. The molecular formula is C21H20BrN3O4. The fourth-order valence-corrected chi connectivity index (χ4v) is 4.00. The van der Waals surface area contributed by atoms with E-state index < -0.39 is 12.1 Å². The summed E-state index contributed by atoms with van der Waals surface area (Å²) in [5.41, 5.74) is 0.923. The minimum atomic E-state index is -0.740. The average molecular weight is 458 g/mol. The van der Waals surface area contributed by atoms with Gasteiger partial charge in [0.25, 0.3) is 11.8 Å². The molecule has 2 aromatic rings. The molecule has 2 atom stereocenters. The minimum Gasteiger partial charge on any atom is -0.481 e. The van der Waals surface area contributed by atoms with Crippen LogP contribution in [0.25, 0.3) is 0 Å². The number of ether oxygens (including phenoxy) is 1. The number of carbonyl (C=O) groups is 3. The average Bonchev–Trinajstić information content (AvgIpc) is 2.83. The number of amides is 3. The van der Waals surface area contributed by atoms with Crippen molar-refractivity contribution in [1.29, 1.82) is 0 Å². The standard InChI is InChI=1S/C21H20BrN3O4/c1-13(29-15-5-3-2-4-6-15)20(27)24-9-10-25-18(12-24)19(26)23-17-8-7-14(22)11-16(17)21(25)28/h2-8,11,13,18H,9-10,12H2,1H3,(H,23,26). The van der Waals surface area contributed by atoms with Gasteiger partial charge in [-0.05, 0) is 37.3 Å². The maximum absolute atomic E-state index is 13.0. The molecule has 0 spiro atoms. The summed E-state index contributed by atoms with van der Waals surface area (Å²) in [6.45, 7) is 2.45. The van der Waals surface area contributed by atoms with Crippen molar-refractivity contribution in [3.63, 3.8) is 0 Å². The van der Waals surface area contributed by atoms with E-state index in [0.29, 0.717) is 23.5 Å². The zero-order valence-electron chi connectivity index (χ0n) is 15.8. The number of benzene rings is 2. The van der Waals surface area contributed by atoms with Crippen LogP contribution in [-0.4, -0.2) is 59.3 Å². The molecular weight excluding hydrogens is 438 g/mol. The van der Waals surface area contributed by atoms with Crippen molar-refractivity contribution in [3.05, 3.63) is 58.6 Å². The molecule has 1 N–H and O–H groups in total. The Labute approximate surface area is 176 Å². The Balaban J connectivity index is 1.50. The highest BCUT2D eigenvalue weighted by molar-refractivity contribution is 9.10. The molecule has 2 heterocycles. The quantitative estimate of drug-likeness (QED) is 0.767. The lowest BCUT2D eigenvalue weighted by atomic mass is 10.1. The Morgan fingerprint density at radius 1 is 1.17 bits per heavy atom. The van der Waals surface area contributed by atoms with Crippen LogP contribution in [0.1, 0.15) is 17.3 Å². The Morgan fingerprint density at radius 2 is 1.93 bits per heavy atom. The van der Waals surface area contributed by atoms with Gasteiger partial charge in [-0.15, -0.1) is 0 Å². The van der Waals surface area contributed by atoms with Gasteiger partial charge in [0.15, 0.2) is 6.10 Å². The molecule has 4 rings (SSSR count). The summed E-state index contributed by atoms with van der Waals surface area (Å²) < 4.78 is 6.49. The molecule has 0 radical (unpaired) electrons. The van der Waals surface area contributed by atoms with Gasteiger partial charge in [-0.3, -0.25) is 14.4 Å². The Hall–Kier alpha value is -2.87. The van der Waals surface area contributed by atoms with Crippen LogP contribution in [0.4, 0.5) is 5.69 Å². The summed E-state index contributed by atoms with van der Waals surface area (Å²) in [7, 11) is 0. The Kier molecular flexibility index (Phi) is 5.27. The number of para-hydroxylation sites is 1. The zero-order valence-corrected chi connectivity index (χ0v) is 17.4. The molecule has 1 fully saturated rings. The fraction of sp³-hybridized carbons (Fsp3) is 0.286. The lowest BCUT2D eigenvalue weighted by molar-refractivity contribution is -0.141. The predicted molar refractivity (Wildman–Crippen MR) is 111 cm³/mol. The molecule has 2 aliphatic rings. The van der Waals surface area contributed by atoms with E-state index in [9.17, 15) is 14.4 Å². The van der Waals surface area contributed by atoms with Crippen LogP contribution in [0.15, 0.2) is 53.0 Å². The van der Waals surface area contributed by atoms with Crippen molar-refractivity contribution >= 4 is 39.3 Å². The number of nitrogens with zero attached hydrogens (tertiary/aromatic N) is 2. The van der Waals surface area contributed by atoms with E-state index in [2.05, 4.69) is 21.2 Å². The second-order valence-corrected chi connectivity index (χ2v) is 7.97. The summed E-state index contributed by atoms with van der Waals surface area (Å²) in [6.07, 6.45) is -0.693. The molecule has 0 aromatic heterocycles. The lowest BCUT2D eigenvalue weighted by Crippen LogP contribution is -2.60. The number of fused-ring (bicyclic) bond motifs is 2. The topological polar surface area (TPSA) is 79.0 Å². The van der Waals surface area contributed by atoms with Crippen LogP contribution in [0.3, 0.4) is 0 Å². The Bertz CT molecular complexity index is 966. The van der Waals surface area contributed by atoms with Crippen molar-refractivity contribution in [1.82, 2.24) is 9.80 Å². The molecule has 29 heavy (non-hydrogen) atoms. The number of hydrogen-bond acceptors (Lipinski definition) is 4. The maximum Gasteiger partial charge on any atom is 0.263 e. The van der Waals surface area contributed by atoms with Gasteiger partial charge >= 0.3 is 0 Å². The van der Waals surface area contributed by atoms with Crippen LogP contribution >= 0.6 is 15.9 Å². The van der Waals surface area contributed by atoms with E-state index in [1.54, 1.807) is 47.1 Å². The fourth-order valence-electron chi connectivity index (χ4n) is 3.63. The summed E-state index contributed by atoms with van der Waals surface area (Å²) in [5.74, 6) is -0.118. The summed E-state index contributed by atoms with van der Waals surface area (Å²) in [6, 6.07) is 13.6. The van der Waals surface area contributed by atoms with Crippen LogP contribution in [-0.2, 0) is 9.59 Å². The summed E-state index contributed by atoms with van der Waals surface area (Å²) in [4.78, 5) is 41.8. The molecule has 0 saturated carbocycles. The normalized spacial score (nSPS) is 19.6. The van der Waals surface area contributed by atoms with Crippen LogP contribution in [0.5, 0.6) is 5.75 Å². The predicted octanol–water partition coefficient (Wildman–Crippen LogP) is 2.52. The number of hydrogen-bond donors (Lipinski definition) is 1. The molecule has 1 saturated heterocycles. The second kappa shape index (κ2) is 7.87. The van der Waals surface area contributed by atoms with E-state index in [4.69, 9.17) is 4.74 Å². The van der Waals surface area contributed by atoms with E-state index in [1.807, 2.05) is 18.2 Å². The molecule has 3 amide bonds. The minimum absolute atomic E-state index is 0.133. The second-order valence-electron chi connectivity index (χ2n) is 7.05. The van der Waals surface area contributed by atoms with Gasteiger partial charge in [0.1, 0.15) is 11.8 Å². The van der Waals surface area contributed by atoms with Gasteiger partial charge in [-0.25, -0.2) is 0 Å². The molecule has 150 valence electrons. The zero-order chi connectivity index (χ0) is 20.5. The number of halogens is 1. The van der Waals surface area contributed by atoms with E-state index in [1.165, 1.54) is 0 Å². The van der Waals surface area contributed by atoms with E-state index in [-0.39, 0.29) is 30.8 Å². The van der Waals surface area contributed by atoms with E-state index >= 15 is 0 Å². The van der Waals surface area contributed by atoms with Crippen molar-refractivity contribution in [2.24, 2.45) is 0 Å². The molecule has 2 aliphatic heterocycles. The third-order valence-corrected chi connectivity index (χ3v) is 5.62. The first-order chi connectivity index (χ1) is 13.9. The lowest BCUT2D eigenvalue weighted by Gasteiger charge is -2.40. The van der Waals surface area contributed by atoms with Crippen molar-refractivity contribution < 1.29 is 19.1 Å². The van der Waals surface area contributed by atoms with Crippen LogP contribution in [0.2, 0.25) is 0 Å². The smallest absolute Gasteiger partial charge is 0.263 e. The summed E-state index contributed by atoms with van der Waals surface area (Å²) >= 11 is 3.37. The van der Waals surface area contributed by atoms with Crippen molar-refractivity contribution in [2.75, 3.05) is 25.0 Å². The number of anilines is 1. The molecule has 2 aromatic carbocycles. The highest BCUT2D eigenvalue weighted by Crippen LogP contribution is 2.28. The molecule has 7 nitrogen and oxygen atoms in total. The number of piperazine rings is 1. The van der Waals surface area contributed by atoms with Crippen molar-refractivity contribution in [2.45, 2.75) is 19.1 Å². The first kappa shape index (κ1) is 19.4. The summed E-state index contributed by atoms with van der Waals surface area (Å²) in [5, 5.41) is 2.82. The first-order valence-corrected chi connectivity index (χ1v) is 10.1. The number of rotatable bonds is 3. The van der Waals surface area contributed by atoms with Gasteiger partial charge in [-0.2, -0.15) is 0 Å². The number of nitrogens with one attached hydrogen (secondary N) is 1. The van der Waals surface area contributed by atoms with Gasteiger partial charge in [-0.1, -0.05) is 34.1 Å². The van der Waals surface area contributed by atoms with Crippen LogP contribution in [0, 0.1) is 0 Å². The monoisotopic (exact) mass is 457 g/mol. The molecule has 0 bridgehead atoms. The third kappa shape index (κ3) is 3.85. The first-order valence-electron chi connectivity index (χ1n) is 9.36. The molecule has 8 heteroatoms.